The van der Waals surface area contributed by atoms with E-state index in [1.54, 1.807) is 12.1 Å². The SMILES string of the molecule is CC1CCCCC1NS(=O)(=O)c1ccc(CN)c(Cl)c1. The van der Waals surface area contributed by atoms with Crippen molar-refractivity contribution in [3.8, 4) is 0 Å². The Morgan fingerprint density at radius 3 is 2.65 bits per heavy atom. The summed E-state index contributed by atoms with van der Waals surface area (Å²) in [5.41, 5.74) is 6.27. The first-order valence-electron chi connectivity index (χ1n) is 6.95. The van der Waals surface area contributed by atoms with Crippen molar-refractivity contribution in [2.45, 2.75) is 50.1 Å². The molecule has 3 N–H and O–H groups in total. The molecule has 4 nitrogen and oxygen atoms in total. The van der Waals surface area contributed by atoms with Gasteiger partial charge in [-0.15, -0.1) is 0 Å². The monoisotopic (exact) mass is 316 g/mol. The van der Waals surface area contributed by atoms with Crippen molar-refractivity contribution in [2.24, 2.45) is 11.7 Å². The lowest BCUT2D eigenvalue weighted by molar-refractivity contribution is 0.310. The Bertz CT molecular complexity index is 575. The van der Waals surface area contributed by atoms with Crippen LogP contribution in [0.1, 0.15) is 38.2 Å². The molecule has 2 atom stereocenters. The van der Waals surface area contributed by atoms with E-state index in [4.69, 9.17) is 17.3 Å². The van der Waals surface area contributed by atoms with Crippen molar-refractivity contribution in [2.75, 3.05) is 0 Å². The molecule has 2 unspecified atom stereocenters. The van der Waals surface area contributed by atoms with Crippen LogP contribution in [0.5, 0.6) is 0 Å². The molecule has 0 saturated heterocycles. The van der Waals surface area contributed by atoms with Gasteiger partial charge >= 0.3 is 0 Å². The molecule has 1 saturated carbocycles. The van der Waals surface area contributed by atoms with Crippen LogP contribution in [0.15, 0.2) is 23.1 Å². The van der Waals surface area contributed by atoms with Crippen LogP contribution in [0.25, 0.3) is 0 Å². The van der Waals surface area contributed by atoms with Gasteiger partial charge < -0.3 is 5.73 Å². The van der Waals surface area contributed by atoms with Crippen molar-refractivity contribution in [3.63, 3.8) is 0 Å². The zero-order chi connectivity index (χ0) is 14.8. The van der Waals surface area contributed by atoms with Gasteiger partial charge in [-0.3, -0.25) is 0 Å². The number of nitrogens with two attached hydrogens (primary N) is 1. The summed E-state index contributed by atoms with van der Waals surface area (Å²) in [4.78, 5) is 0.206. The Hall–Kier alpha value is -0.620. The molecule has 1 aromatic rings. The fraction of sp³-hybridized carbons (Fsp3) is 0.571. The van der Waals surface area contributed by atoms with Crippen LogP contribution in [0.4, 0.5) is 0 Å². The predicted octanol–water partition coefficient (Wildman–Crippen LogP) is 2.66. The highest BCUT2D eigenvalue weighted by atomic mass is 35.5. The zero-order valence-corrected chi connectivity index (χ0v) is 13.2. The van der Waals surface area contributed by atoms with Crippen LogP contribution in [-0.2, 0) is 16.6 Å². The minimum absolute atomic E-state index is 0.0155. The van der Waals surface area contributed by atoms with Gasteiger partial charge in [0.1, 0.15) is 0 Å². The maximum absolute atomic E-state index is 12.4. The Morgan fingerprint density at radius 1 is 1.35 bits per heavy atom. The first kappa shape index (κ1) is 15.8. The first-order valence-corrected chi connectivity index (χ1v) is 8.81. The van der Waals surface area contributed by atoms with Crippen LogP contribution in [0.3, 0.4) is 0 Å². The Kier molecular flexibility index (Phi) is 5.07. The molecule has 0 aromatic heterocycles. The molecule has 1 fully saturated rings. The molecular weight excluding hydrogens is 296 g/mol. The summed E-state index contributed by atoms with van der Waals surface area (Å²) >= 11 is 6.03. The fourth-order valence-electron chi connectivity index (χ4n) is 2.62. The van der Waals surface area contributed by atoms with Crippen molar-refractivity contribution in [3.05, 3.63) is 28.8 Å². The Morgan fingerprint density at radius 2 is 2.05 bits per heavy atom. The smallest absolute Gasteiger partial charge is 0.240 e. The molecular formula is C14H21ClN2O2S. The molecule has 0 bridgehead atoms. The summed E-state index contributed by atoms with van der Waals surface area (Å²) < 4.78 is 27.6. The average Bonchev–Trinajstić information content (AvgIpc) is 2.41. The molecule has 6 heteroatoms. The van der Waals surface area contributed by atoms with E-state index < -0.39 is 10.0 Å². The lowest BCUT2D eigenvalue weighted by Crippen LogP contribution is -2.40. The highest BCUT2D eigenvalue weighted by Crippen LogP contribution is 2.26. The fourth-order valence-corrected chi connectivity index (χ4v) is 4.35. The highest BCUT2D eigenvalue weighted by Gasteiger charge is 2.26. The highest BCUT2D eigenvalue weighted by molar-refractivity contribution is 7.89. The van der Waals surface area contributed by atoms with E-state index in [1.807, 2.05) is 0 Å². The lowest BCUT2D eigenvalue weighted by atomic mass is 9.87. The van der Waals surface area contributed by atoms with Gasteiger partial charge in [0.25, 0.3) is 0 Å². The maximum Gasteiger partial charge on any atom is 0.240 e. The summed E-state index contributed by atoms with van der Waals surface area (Å²) in [5.74, 6) is 0.373. The van der Waals surface area contributed by atoms with Gasteiger partial charge in [-0.05, 0) is 36.5 Å². The third kappa shape index (κ3) is 3.52. The topological polar surface area (TPSA) is 72.2 Å². The van der Waals surface area contributed by atoms with E-state index in [0.717, 1.165) is 24.8 Å². The van der Waals surface area contributed by atoms with Crippen molar-refractivity contribution in [1.29, 1.82) is 0 Å². The second-order valence-electron chi connectivity index (χ2n) is 5.45. The maximum atomic E-state index is 12.4. The second kappa shape index (κ2) is 6.43. The minimum atomic E-state index is -3.52. The molecule has 0 spiro atoms. The van der Waals surface area contributed by atoms with Crippen LogP contribution in [0, 0.1) is 5.92 Å². The van der Waals surface area contributed by atoms with Crippen molar-refractivity contribution >= 4 is 21.6 Å². The number of sulfonamides is 1. The molecule has 1 aromatic carbocycles. The van der Waals surface area contributed by atoms with Gasteiger partial charge in [0.15, 0.2) is 0 Å². The van der Waals surface area contributed by atoms with E-state index in [1.165, 1.54) is 12.5 Å². The van der Waals surface area contributed by atoms with E-state index in [0.29, 0.717) is 17.5 Å². The number of halogens is 1. The third-order valence-corrected chi connectivity index (χ3v) is 5.81. The summed E-state index contributed by atoms with van der Waals surface area (Å²) in [6, 6.07) is 4.71. The Labute approximate surface area is 125 Å². The van der Waals surface area contributed by atoms with Gasteiger partial charge in [-0.25, -0.2) is 13.1 Å². The van der Waals surface area contributed by atoms with E-state index in [2.05, 4.69) is 11.6 Å². The second-order valence-corrected chi connectivity index (χ2v) is 7.57. The third-order valence-electron chi connectivity index (χ3n) is 3.97. The number of hydrogen-bond acceptors (Lipinski definition) is 3. The molecule has 2 rings (SSSR count). The molecule has 0 aliphatic heterocycles. The predicted molar refractivity (Wildman–Crippen MR) is 81.1 cm³/mol. The quantitative estimate of drug-likeness (QED) is 0.897. The molecule has 20 heavy (non-hydrogen) atoms. The summed E-state index contributed by atoms with van der Waals surface area (Å²) in [6.45, 7) is 2.39. The summed E-state index contributed by atoms with van der Waals surface area (Å²) in [6.07, 6.45) is 4.22. The molecule has 1 aliphatic rings. The largest absolute Gasteiger partial charge is 0.326 e. The lowest BCUT2D eigenvalue weighted by Gasteiger charge is -2.29. The number of hydrogen-bond donors (Lipinski definition) is 2. The van der Waals surface area contributed by atoms with Crippen LogP contribution in [-0.4, -0.2) is 14.5 Å². The van der Waals surface area contributed by atoms with E-state index in [-0.39, 0.29) is 10.9 Å². The zero-order valence-electron chi connectivity index (χ0n) is 11.6. The van der Waals surface area contributed by atoms with Gasteiger partial charge in [0, 0.05) is 17.6 Å². The Balaban J connectivity index is 2.19. The molecule has 1 aliphatic carbocycles. The van der Waals surface area contributed by atoms with Gasteiger partial charge in [0.2, 0.25) is 10.0 Å². The van der Waals surface area contributed by atoms with Gasteiger partial charge in [-0.2, -0.15) is 0 Å². The van der Waals surface area contributed by atoms with Crippen molar-refractivity contribution < 1.29 is 8.42 Å². The van der Waals surface area contributed by atoms with Crippen LogP contribution < -0.4 is 10.5 Å². The standard InChI is InChI=1S/C14H21ClN2O2S/c1-10-4-2-3-5-14(10)17-20(18,19)12-7-6-11(9-16)13(15)8-12/h6-8,10,14,17H,2-5,9,16H2,1H3. The van der Waals surface area contributed by atoms with Crippen molar-refractivity contribution in [1.82, 2.24) is 4.72 Å². The average molecular weight is 317 g/mol. The molecule has 0 radical (unpaired) electrons. The number of nitrogens with one attached hydrogen (secondary N) is 1. The molecule has 0 amide bonds. The molecule has 0 heterocycles. The van der Waals surface area contributed by atoms with E-state index in [9.17, 15) is 8.42 Å². The normalized spacial score (nSPS) is 23.8. The van der Waals surface area contributed by atoms with E-state index >= 15 is 0 Å². The summed E-state index contributed by atoms with van der Waals surface area (Å²) in [7, 11) is -3.52. The van der Waals surface area contributed by atoms with Gasteiger partial charge in [-0.1, -0.05) is 37.4 Å². The summed E-state index contributed by atoms with van der Waals surface area (Å²) in [5, 5.41) is 0.395. The minimum Gasteiger partial charge on any atom is -0.326 e. The first-order chi connectivity index (χ1) is 9.44. The van der Waals surface area contributed by atoms with Crippen LogP contribution in [0.2, 0.25) is 5.02 Å². The number of benzene rings is 1. The number of rotatable bonds is 4. The molecule has 112 valence electrons. The van der Waals surface area contributed by atoms with Crippen LogP contribution >= 0.6 is 11.6 Å². The van der Waals surface area contributed by atoms with Gasteiger partial charge in [0.05, 0.1) is 4.90 Å².